The van der Waals surface area contributed by atoms with Gasteiger partial charge in [-0.2, -0.15) is 0 Å². The Morgan fingerprint density at radius 3 is 2.42 bits per heavy atom. The number of carbonyl (C=O) groups excluding carboxylic acids is 2. The van der Waals surface area contributed by atoms with E-state index in [0.717, 1.165) is 4.90 Å². The number of aromatic nitrogens is 2. The molecule has 0 bridgehead atoms. The lowest BCUT2D eigenvalue weighted by molar-refractivity contribution is -0.00998. The van der Waals surface area contributed by atoms with Gasteiger partial charge in [-0.1, -0.05) is 19.1 Å². The van der Waals surface area contributed by atoms with Crippen molar-refractivity contribution in [1.29, 1.82) is 0 Å². The number of aromatic hydroxyl groups is 1. The zero-order valence-electron chi connectivity index (χ0n) is 21.2. The molecule has 2 atom stereocenters. The van der Waals surface area contributed by atoms with Crippen LogP contribution in [0.15, 0.2) is 29.1 Å². The number of aryl methyl sites for hydroxylation is 1. The summed E-state index contributed by atoms with van der Waals surface area (Å²) >= 11 is 0. The minimum Gasteiger partial charge on any atom is -0.501 e. The van der Waals surface area contributed by atoms with E-state index < -0.39 is 52.4 Å². The van der Waals surface area contributed by atoms with Crippen molar-refractivity contribution >= 4 is 11.9 Å². The second-order valence-corrected chi connectivity index (χ2v) is 9.40. The summed E-state index contributed by atoms with van der Waals surface area (Å²) in [5.41, 5.74) is -1.51. The zero-order chi connectivity index (χ0) is 27.0. The molecule has 0 saturated carbocycles. The standard InChI is InChI=1S/C25H34FN3O7/c1-6-17(30)13-35-14-18(29(5)24(34)36-25(2,3)4)22-27-20(21(32)23(33)28-22)19(31)12-9-15-7-10-16(26)11-8-15/h7-8,10-11,17-18,30,32H,6,9,12-14H2,1-5H3,(H,27,28,33)/t17-,18?/m1/s1. The Labute approximate surface area is 209 Å². The average molecular weight is 508 g/mol. The first-order valence-electron chi connectivity index (χ1n) is 11.6. The third-order valence-electron chi connectivity index (χ3n) is 5.25. The fraction of sp³-hybridized carbons (Fsp3) is 0.520. The van der Waals surface area contributed by atoms with E-state index in [-0.39, 0.29) is 31.9 Å². The number of hydrogen-bond acceptors (Lipinski definition) is 8. The lowest BCUT2D eigenvalue weighted by Gasteiger charge is -2.30. The zero-order valence-corrected chi connectivity index (χ0v) is 21.2. The Balaban J connectivity index is 2.34. The summed E-state index contributed by atoms with van der Waals surface area (Å²) in [6, 6.07) is 4.61. The molecule has 0 aliphatic rings. The van der Waals surface area contributed by atoms with E-state index in [2.05, 4.69) is 9.97 Å². The second kappa shape index (κ2) is 12.6. The lowest BCUT2D eigenvalue weighted by Crippen LogP contribution is -2.40. The van der Waals surface area contributed by atoms with E-state index in [1.165, 1.54) is 31.3 Å². The number of nitrogens with zero attached hydrogens (tertiary/aromatic N) is 2. The van der Waals surface area contributed by atoms with Gasteiger partial charge in [0.2, 0.25) is 5.75 Å². The summed E-state index contributed by atoms with van der Waals surface area (Å²) in [7, 11) is 1.42. The van der Waals surface area contributed by atoms with Crippen LogP contribution in [-0.2, 0) is 15.9 Å². The van der Waals surface area contributed by atoms with Crippen LogP contribution in [0.25, 0.3) is 0 Å². The normalized spacial score (nSPS) is 13.2. The monoisotopic (exact) mass is 507 g/mol. The molecule has 198 valence electrons. The number of Topliss-reactive ketones (excluding diaryl/α,β-unsaturated/α-hetero) is 1. The van der Waals surface area contributed by atoms with E-state index in [1.807, 2.05) is 0 Å². The minimum absolute atomic E-state index is 0.0269. The van der Waals surface area contributed by atoms with Gasteiger partial charge in [0, 0.05) is 13.5 Å². The number of aliphatic hydroxyl groups is 1. The van der Waals surface area contributed by atoms with Gasteiger partial charge in [-0.25, -0.2) is 14.2 Å². The number of carbonyl (C=O) groups is 2. The molecule has 0 fully saturated rings. The number of aliphatic hydroxyl groups excluding tert-OH is 1. The van der Waals surface area contributed by atoms with Crippen molar-refractivity contribution < 1.29 is 33.7 Å². The largest absolute Gasteiger partial charge is 0.501 e. The van der Waals surface area contributed by atoms with Gasteiger partial charge in [0.25, 0.3) is 5.56 Å². The Bertz CT molecular complexity index is 1100. The summed E-state index contributed by atoms with van der Waals surface area (Å²) in [5.74, 6) is -1.95. The Kier molecular flexibility index (Phi) is 10.1. The number of hydrogen-bond donors (Lipinski definition) is 3. The average Bonchev–Trinajstić information content (AvgIpc) is 2.81. The van der Waals surface area contributed by atoms with E-state index in [1.54, 1.807) is 27.7 Å². The molecule has 1 aromatic heterocycles. The fourth-order valence-electron chi connectivity index (χ4n) is 3.13. The van der Waals surface area contributed by atoms with Crippen molar-refractivity contribution in [2.45, 2.75) is 64.7 Å². The number of nitrogens with one attached hydrogen (secondary N) is 1. The number of halogens is 1. The number of ether oxygens (including phenoxy) is 2. The number of ketones is 1. The van der Waals surface area contributed by atoms with Crippen molar-refractivity contribution in [3.05, 3.63) is 57.5 Å². The molecule has 0 saturated heterocycles. The SMILES string of the molecule is CC[C@@H](O)COCC(c1nc(C(=O)CCc2ccc(F)cc2)c(O)c(=O)[nH]1)N(C)C(=O)OC(C)(C)C. The van der Waals surface area contributed by atoms with Gasteiger partial charge in [0.15, 0.2) is 11.5 Å². The maximum Gasteiger partial charge on any atom is 0.410 e. The van der Waals surface area contributed by atoms with Gasteiger partial charge < -0.3 is 24.7 Å². The van der Waals surface area contributed by atoms with Crippen molar-refractivity contribution in [2.75, 3.05) is 20.3 Å². The summed E-state index contributed by atoms with van der Waals surface area (Å²) in [6.07, 6.45) is -0.865. The molecule has 1 heterocycles. The summed E-state index contributed by atoms with van der Waals surface area (Å²) < 4.78 is 24.1. The predicted octanol–water partition coefficient (Wildman–Crippen LogP) is 3.13. The first-order chi connectivity index (χ1) is 16.8. The molecular formula is C25H34FN3O7. The summed E-state index contributed by atoms with van der Waals surface area (Å²) in [6.45, 7) is 6.66. The Morgan fingerprint density at radius 2 is 1.83 bits per heavy atom. The van der Waals surface area contributed by atoms with Gasteiger partial charge in [0.05, 0.1) is 19.3 Å². The smallest absolute Gasteiger partial charge is 0.410 e. The van der Waals surface area contributed by atoms with E-state index >= 15 is 0 Å². The first kappa shape index (κ1) is 28.9. The quantitative estimate of drug-likeness (QED) is 0.394. The first-order valence-corrected chi connectivity index (χ1v) is 11.6. The van der Waals surface area contributed by atoms with Gasteiger partial charge in [-0.15, -0.1) is 0 Å². The van der Waals surface area contributed by atoms with Crippen LogP contribution in [0.5, 0.6) is 5.75 Å². The second-order valence-electron chi connectivity index (χ2n) is 9.40. The van der Waals surface area contributed by atoms with Gasteiger partial charge >= 0.3 is 6.09 Å². The van der Waals surface area contributed by atoms with Crippen molar-refractivity contribution in [3.8, 4) is 5.75 Å². The van der Waals surface area contributed by atoms with Gasteiger partial charge in [-0.05, 0) is 51.3 Å². The molecule has 0 aliphatic heterocycles. The Morgan fingerprint density at radius 1 is 1.19 bits per heavy atom. The van der Waals surface area contributed by atoms with Crippen LogP contribution in [0.1, 0.15) is 68.5 Å². The number of likely N-dealkylation sites (N-methyl/N-ethyl adjacent to an activating group) is 1. The van der Waals surface area contributed by atoms with Crippen LogP contribution < -0.4 is 5.56 Å². The molecule has 3 N–H and O–H groups in total. The number of amides is 1. The van der Waals surface area contributed by atoms with Crippen molar-refractivity contribution in [1.82, 2.24) is 14.9 Å². The molecular weight excluding hydrogens is 473 g/mol. The summed E-state index contributed by atoms with van der Waals surface area (Å²) in [5, 5.41) is 20.0. The maximum absolute atomic E-state index is 13.1. The number of benzene rings is 1. The highest BCUT2D eigenvalue weighted by atomic mass is 19.1. The topological polar surface area (TPSA) is 142 Å². The molecule has 11 heteroatoms. The van der Waals surface area contributed by atoms with Crippen LogP contribution in [0, 0.1) is 5.82 Å². The van der Waals surface area contributed by atoms with Gasteiger partial charge in [0.1, 0.15) is 23.3 Å². The lowest BCUT2D eigenvalue weighted by atomic mass is 10.1. The molecule has 0 radical (unpaired) electrons. The summed E-state index contributed by atoms with van der Waals surface area (Å²) in [4.78, 5) is 45.8. The van der Waals surface area contributed by atoms with Crippen LogP contribution in [0.3, 0.4) is 0 Å². The van der Waals surface area contributed by atoms with E-state index in [9.17, 15) is 29.0 Å². The fourth-order valence-corrected chi connectivity index (χ4v) is 3.13. The molecule has 2 rings (SSSR count). The molecule has 0 aliphatic carbocycles. The van der Waals surface area contributed by atoms with E-state index in [4.69, 9.17) is 9.47 Å². The maximum atomic E-state index is 13.1. The number of H-pyrrole nitrogens is 1. The molecule has 1 unspecified atom stereocenters. The third kappa shape index (κ3) is 8.42. The Hall–Kier alpha value is -3.31. The van der Waals surface area contributed by atoms with Crippen LogP contribution in [0.4, 0.5) is 9.18 Å². The molecule has 1 amide bonds. The molecule has 36 heavy (non-hydrogen) atoms. The highest BCUT2D eigenvalue weighted by Crippen LogP contribution is 2.22. The van der Waals surface area contributed by atoms with Gasteiger partial charge in [-0.3, -0.25) is 14.5 Å². The van der Waals surface area contributed by atoms with Crippen LogP contribution in [0.2, 0.25) is 0 Å². The highest BCUT2D eigenvalue weighted by Gasteiger charge is 2.30. The predicted molar refractivity (Wildman–Crippen MR) is 129 cm³/mol. The van der Waals surface area contributed by atoms with Crippen LogP contribution in [-0.4, -0.2) is 68.9 Å². The van der Waals surface area contributed by atoms with Crippen LogP contribution >= 0.6 is 0 Å². The molecule has 2 aromatic rings. The van der Waals surface area contributed by atoms with Crippen molar-refractivity contribution in [2.24, 2.45) is 0 Å². The molecule has 0 spiro atoms. The van der Waals surface area contributed by atoms with Crippen molar-refractivity contribution in [3.63, 3.8) is 0 Å². The molecule has 10 nitrogen and oxygen atoms in total. The number of aromatic amines is 1. The molecule has 1 aromatic carbocycles. The number of rotatable bonds is 11. The highest BCUT2D eigenvalue weighted by molar-refractivity contribution is 5.96. The third-order valence-corrected chi connectivity index (χ3v) is 5.25. The minimum atomic E-state index is -0.999. The van der Waals surface area contributed by atoms with E-state index in [0.29, 0.717) is 12.0 Å².